The van der Waals surface area contributed by atoms with E-state index in [2.05, 4.69) is 41.5 Å². The Morgan fingerprint density at radius 1 is 0.743 bits per heavy atom. The summed E-state index contributed by atoms with van der Waals surface area (Å²) in [4.78, 5) is 26.3. The summed E-state index contributed by atoms with van der Waals surface area (Å²) in [7, 11) is 0. The first-order valence-electron chi connectivity index (χ1n) is 14.0. The van der Waals surface area contributed by atoms with E-state index in [0.29, 0.717) is 38.0 Å². The molecule has 35 heavy (non-hydrogen) atoms. The molecule has 0 amide bonds. The van der Waals surface area contributed by atoms with Gasteiger partial charge in [-0.1, -0.05) is 52.7 Å². The molecule has 5 rings (SSSR count). The normalized spacial score (nSPS) is 48.1. The van der Waals surface area contributed by atoms with Crippen LogP contribution in [0.4, 0.5) is 0 Å². The average Bonchev–Trinajstić information content (AvgIpc) is 2.75. The maximum Gasteiger partial charge on any atom is 0.314 e. The highest BCUT2D eigenvalue weighted by Gasteiger charge is 2.72. The Bertz CT molecular complexity index is 993. The molecule has 7 atom stereocenters. The van der Waals surface area contributed by atoms with Crippen molar-refractivity contribution in [2.24, 2.45) is 44.3 Å². The lowest BCUT2D eigenvalue weighted by Gasteiger charge is -2.70. The molecule has 4 fully saturated rings. The molecule has 5 aliphatic carbocycles. The Morgan fingerprint density at radius 3 is 2.03 bits per heavy atom. The summed E-state index contributed by atoms with van der Waals surface area (Å²) >= 11 is 0. The van der Waals surface area contributed by atoms with Gasteiger partial charge >= 0.3 is 11.9 Å². The van der Waals surface area contributed by atoms with E-state index in [1.54, 1.807) is 0 Å². The number of aliphatic carboxylic acids is 2. The highest BCUT2D eigenvalue weighted by molar-refractivity contribution is 5.85. The van der Waals surface area contributed by atoms with E-state index >= 15 is 0 Å². The van der Waals surface area contributed by atoms with Crippen LogP contribution in [0.15, 0.2) is 11.1 Å². The predicted molar refractivity (Wildman–Crippen MR) is 135 cm³/mol. The number of hydrogen-bond donors (Lipinski definition) is 3. The number of carbonyl (C=O) groups is 2. The fourth-order valence-corrected chi connectivity index (χ4v) is 10.7. The van der Waals surface area contributed by atoms with Crippen molar-refractivity contribution >= 4 is 11.9 Å². The van der Waals surface area contributed by atoms with Gasteiger partial charge in [-0.15, -0.1) is 0 Å². The van der Waals surface area contributed by atoms with E-state index in [4.69, 9.17) is 0 Å². The minimum absolute atomic E-state index is 0.00616. The van der Waals surface area contributed by atoms with Gasteiger partial charge < -0.3 is 15.3 Å². The third-order valence-corrected chi connectivity index (χ3v) is 12.7. The first-order chi connectivity index (χ1) is 16.1. The molecule has 4 saturated carbocycles. The van der Waals surface area contributed by atoms with Crippen LogP contribution < -0.4 is 0 Å². The van der Waals surface area contributed by atoms with Gasteiger partial charge in [0.15, 0.2) is 0 Å². The fourth-order valence-electron chi connectivity index (χ4n) is 10.7. The molecule has 1 unspecified atom stereocenters. The van der Waals surface area contributed by atoms with E-state index in [1.165, 1.54) is 0 Å². The van der Waals surface area contributed by atoms with Gasteiger partial charge in [0.05, 0.1) is 16.9 Å². The summed E-state index contributed by atoms with van der Waals surface area (Å²) < 4.78 is 0. The smallest absolute Gasteiger partial charge is 0.314 e. The van der Waals surface area contributed by atoms with Crippen LogP contribution in [0.5, 0.6) is 0 Å². The van der Waals surface area contributed by atoms with Gasteiger partial charge in [0.25, 0.3) is 0 Å². The van der Waals surface area contributed by atoms with Crippen molar-refractivity contribution in [2.45, 2.75) is 118 Å². The van der Waals surface area contributed by atoms with Crippen molar-refractivity contribution in [3.63, 3.8) is 0 Å². The van der Waals surface area contributed by atoms with Crippen LogP contribution in [0.25, 0.3) is 0 Å². The van der Waals surface area contributed by atoms with Crippen molar-refractivity contribution in [2.75, 3.05) is 0 Å². The molecule has 0 saturated heterocycles. The molecule has 0 aromatic heterocycles. The molecule has 0 aromatic rings. The number of carboxylic acids is 2. The maximum absolute atomic E-state index is 13.5. The molecular formula is C30H46O5. The summed E-state index contributed by atoms with van der Waals surface area (Å²) in [5.74, 6) is -0.853. The Kier molecular flexibility index (Phi) is 5.32. The van der Waals surface area contributed by atoms with E-state index in [-0.39, 0.29) is 28.3 Å². The van der Waals surface area contributed by atoms with E-state index in [1.807, 2.05) is 0 Å². The Morgan fingerprint density at radius 2 is 1.40 bits per heavy atom. The minimum Gasteiger partial charge on any atom is -0.481 e. The number of rotatable bonds is 2. The molecule has 0 spiro atoms. The molecule has 3 N–H and O–H groups in total. The molecule has 196 valence electrons. The Hall–Kier alpha value is -1.36. The highest BCUT2D eigenvalue weighted by Crippen LogP contribution is 2.75. The second kappa shape index (κ2) is 7.36. The van der Waals surface area contributed by atoms with Crippen LogP contribution in [-0.2, 0) is 9.59 Å². The Labute approximate surface area is 210 Å². The zero-order valence-corrected chi connectivity index (χ0v) is 22.7. The van der Waals surface area contributed by atoms with Gasteiger partial charge in [-0.2, -0.15) is 0 Å². The first kappa shape index (κ1) is 25.3. The van der Waals surface area contributed by atoms with Crippen molar-refractivity contribution in [1.82, 2.24) is 0 Å². The third kappa shape index (κ3) is 2.97. The number of aliphatic hydroxyl groups is 1. The summed E-state index contributed by atoms with van der Waals surface area (Å²) in [5.41, 5.74) is -0.507. The minimum atomic E-state index is -0.980. The molecule has 5 aliphatic rings. The van der Waals surface area contributed by atoms with E-state index in [0.717, 1.165) is 49.7 Å². The van der Waals surface area contributed by atoms with Crippen LogP contribution in [0.1, 0.15) is 112 Å². The number of carboxylic acid groups (broad SMARTS) is 2. The lowest BCUT2D eigenvalue weighted by molar-refractivity contribution is -0.215. The van der Waals surface area contributed by atoms with Crippen LogP contribution in [0, 0.1) is 44.3 Å². The first-order valence-corrected chi connectivity index (χ1v) is 14.0. The molecule has 0 aromatic carbocycles. The maximum atomic E-state index is 13.5. The second-order valence-corrected chi connectivity index (χ2v) is 14.9. The average molecular weight is 487 g/mol. The Balaban J connectivity index is 1.69. The molecule has 0 radical (unpaired) electrons. The van der Waals surface area contributed by atoms with Crippen molar-refractivity contribution in [1.29, 1.82) is 0 Å². The van der Waals surface area contributed by atoms with Gasteiger partial charge in [-0.3, -0.25) is 9.59 Å². The monoisotopic (exact) mass is 486 g/mol. The zero-order chi connectivity index (χ0) is 25.8. The van der Waals surface area contributed by atoms with Gasteiger partial charge in [-0.25, -0.2) is 0 Å². The lowest BCUT2D eigenvalue weighted by atomic mass is 9.33. The van der Waals surface area contributed by atoms with Gasteiger partial charge in [-0.05, 0) is 104 Å². The van der Waals surface area contributed by atoms with Crippen LogP contribution in [0.2, 0.25) is 0 Å². The molecule has 5 nitrogen and oxygen atoms in total. The number of hydrogen-bond acceptors (Lipinski definition) is 3. The highest BCUT2D eigenvalue weighted by atomic mass is 16.4. The van der Waals surface area contributed by atoms with Gasteiger partial charge in [0.2, 0.25) is 0 Å². The zero-order valence-electron chi connectivity index (χ0n) is 22.7. The quantitative estimate of drug-likeness (QED) is 0.390. The standard InChI is InChI=1S/C30H46O5/c1-25(2)13-14-29(23(32)33)15-16-30(24(34)35)18(19(29)17-25)7-8-21-27(5)11-10-22(31)26(3,4)20(27)9-12-28(21,30)6/h20-22,31H,7-17H2,1-6H3,(H,32,33)(H,34,35)/t20?,21-,22-,27+,28-,29+,30-/m1/s1. The molecule has 0 bridgehead atoms. The molecule has 5 heteroatoms. The second-order valence-electron chi connectivity index (χ2n) is 14.9. The number of aliphatic hydroxyl groups excluding tert-OH is 1. The van der Waals surface area contributed by atoms with Crippen molar-refractivity contribution in [3.8, 4) is 0 Å². The number of fused-ring (bicyclic) bond motifs is 6. The van der Waals surface area contributed by atoms with E-state index in [9.17, 15) is 24.9 Å². The van der Waals surface area contributed by atoms with Crippen LogP contribution >= 0.6 is 0 Å². The largest absolute Gasteiger partial charge is 0.481 e. The van der Waals surface area contributed by atoms with Gasteiger partial charge in [0.1, 0.15) is 0 Å². The summed E-state index contributed by atoms with van der Waals surface area (Å²) in [5, 5.41) is 32.4. The summed E-state index contributed by atoms with van der Waals surface area (Å²) in [6, 6.07) is 0. The lowest BCUT2D eigenvalue weighted by Crippen LogP contribution is -2.66. The van der Waals surface area contributed by atoms with Crippen molar-refractivity contribution < 1.29 is 24.9 Å². The summed E-state index contributed by atoms with van der Waals surface area (Å²) in [6.45, 7) is 13.5. The fraction of sp³-hybridized carbons (Fsp3) is 0.867. The molecular weight excluding hydrogens is 440 g/mol. The van der Waals surface area contributed by atoms with Gasteiger partial charge in [0, 0.05) is 0 Å². The SMILES string of the molecule is CC1(C)CC[C@]2(C(=O)O)CC[C@]3(C(=O)O)C(=C2C1)CC[C@@H]1[C@@]2(C)CC[C@@H](O)C(C)(C)C2CC[C@]13C. The summed E-state index contributed by atoms with van der Waals surface area (Å²) in [6.07, 6.45) is 7.87. The van der Waals surface area contributed by atoms with Crippen LogP contribution in [0.3, 0.4) is 0 Å². The predicted octanol–water partition coefficient (Wildman–Crippen LogP) is 6.44. The molecule has 0 aliphatic heterocycles. The van der Waals surface area contributed by atoms with Crippen LogP contribution in [-0.4, -0.2) is 33.4 Å². The van der Waals surface area contributed by atoms with E-state index < -0.39 is 28.2 Å². The molecule has 0 heterocycles. The topological polar surface area (TPSA) is 94.8 Å². The third-order valence-electron chi connectivity index (χ3n) is 12.7. The van der Waals surface area contributed by atoms with Crippen molar-refractivity contribution in [3.05, 3.63) is 11.1 Å².